The van der Waals surface area contributed by atoms with Gasteiger partial charge in [0.25, 0.3) is 0 Å². The SMILES string of the molecule is CCC(CC)n1cnc2ncc(Cl)nc21. The zero-order valence-corrected chi connectivity index (χ0v) is 9.57. The molecule has 0 aliphatic rings. The number of rotatable bonds is 3. The predicted octanol–water partition coefficient (Wildman–Crippen LogP) is 2.84. The lowest BCUT2D eigenvalue weighted by molar-refractivity contribution is 0.480. The van der Waals surface area contributed by atoms with Crippen molar-refractivity contribution < 1.29 is 0 Å². The van der Waals surface area contributed by atoms with Crippen LogP contribution < -0.4 is 0 Å². The second-order valence-corrected chi connectivity index (χ2v) is 3.85. The summed E-state index contributed by atoms with van der Waals surface area (Å²) in [5.41, 5.74) is 1.43. The first-order chi connectivity index (χ1) is 7.26. The normalized spacial score (nSPS) is 11.5. The molecule has 0 N–H and O–H groups in total. The third-order valence-electron chi connectivity index (χ3n) is 2.59. The number of imidazole rings is 1. The average molecular weight is 225 g/mol. The van der Waals surface area contributed by atoms with Gasteiger partial charge in [0.05, 0.1) is 12.5 Å². The van der Waals surface area contributed by atoms with Crippen molar-refractivity contribution in [3.05, 3.63) is 17.7 Å². The molecular weight excluding hydrogens is 212 g/mol. The lowest BCUT2D eigenvalue weighted by atomic mass is 10.2. The highest BCUT2D eigenvalue weighted by Gasteiger charge is 2.12. The zero-order valence-electron chi connectivity index (χ0n) is 8.81. The number of nitrogens with zero attached hydrogens (tertiary/aromatic N) is 4. The molecule has 0 amide bonds. The summed E-state index contributed by atoms with van der Waals surface area (Å²) in [4.78, 5) is 12.6. The van der Waals surface area contributed by atoms with E-state index >= 15 is 0 Å². The Bertz CT molecular complexity index is 461. The molecule has 0 atom stereocenters. The van der Waals surface area contributed by atoms with Crippen LogP contribution in [0, 0.1) is 0 Å². The van der Waals surface area contributed by atoms with Crippen molar-refractivity contribution in [2.45, 2.75) is 32.7 Å². The van der Waals surface area contributed by atoms with Gasteiger partial charge in [-0.05, 0) is 12.8 Å². The fourth-order valence-electron chi connectivity index (χ4n) is 1.74. The molecular formula is C10H13ClN4. The minimum Gasteiger partial charge on any atom is -0.311 e. The molecule has 0 saturated carbocycles. The van der Waals surface area contributed by atoms with Crippen LogP contribution in [0.15, 0.2) is 12.5 Å². The van der Waals surface area contributed by atoms with E-state index in [1.54, 1.807) is 6.33 Å². The van der Waals surface area contributed by atoms with Gasteiger partial charge in [-0.15, -0.1) is 0 Å². The Morgan fingerprint density at radius 3 is 2.73 bits per heavy atom. The molecule has 5 heteroatoms. The molecule has 2 aromatic heterocycles. The largest absolute Gasteiger partial charge is 0.311 e. The maximum Gasteiger partial charge on any atom is 0.197 e. The standard InChI is InChI=1S/C10H13ClN4/c1-3-7(4-2)15-6-13-9-10(15)14-8(11)5-12-9/h5-7H,3-4H2,1-2H3. The zero-order chi connectivity index (χ0) is 10.8. The Morgan fingerprint density at radius 2 is 2.07 bits per heavy atom. The molecule has 0 bridgehead atoms. The van der Waals surface area contributed by atoms with Gasteiger partial charge in [0.1, 0.15) is 5.15 Å². The summed E-state index contributed by atoms with van der Waals surface area (Å²) in [5, 5.41) is 0.412. The minimum absolute atomic E-state index is 0.412. The van der Waals surface area contributed by atoms with Crippen molar-refractivity contribution in [2.75, 3.05) is 0 Å². The highest BCUT2D eigenvalue weighted by molar-refractivity contribution is 6.29. The highest BCUT2D eigenvalue weighted by Crippen LogP contribution is 2.20. The van der Waals surface area contributed by atoms with Crippen molar-refractivity contribution in [1.82, 2.24) is 19.5 Å². The Labute approximate surface area is 93.3 Å². The number of aromatic nitrogens is 4. The Morgan fingerprint density at radius 1 is 1.33 bits per heavy atom. The molecule has 2 aromatic rings. The first kappa shape index (κ1) is 10.4. The van der Waals surface area contributed by atoms with E-state index in [0.717, 1.165) is 18.5 Å². The van der Waals surface area contributed by atoms with Gasteiger partial charge in [0.2, 0.25) is 0 Å². The molecule has 0 fully saturated rings. The topological polar surface area (TPSA) is 43.6 Å². The molecule has 0 aromatic carbocycles. The smallest absolute Gasteiger partial charge is 0.197 e. The van der Waals surface area contributed by atoms with E-state index in [1.807, 2.05) is 4.57 Å². The van der Waals surface area contributed by atoms with Crippen LogP contribution in [0.3, 0.4) is 0 Å². The molecule has 0 aliphatic carbocycles. The minimum atomic E-state index is 0.412. The van der Waals surface area contributed by atoms with Gasteiger partial charge in [0.15, 0.2) is 11.3 Å². The molecule has 80 valence electrons. The second kappa shape index (κ2) is 4.14. The van der Waals surface area contributed by atoms with E-state index in [1.165, 1.54) is 6.20 Å². The van der Waals surface area contributed by atoms with E-state index in [2.05, 4.69) is 28.8 Å². The van der Waals surface area contributed by atoms with Crippen molar-refractivity contribution >= 4 is 22.9 Å². The summed E-state index contributed by atoms with van der Waals surface area (Å²) in [6.07, 6.45) is 5.42. The van der Waals surface area contributed by atoms with Crippen LogP contribution in [0.4, 0.5) is 0 Å². The van der Waals surface area contributed by atoms with Gasteiger partial charge in [-0.3, -0.25) is 0 Å². The molecule has 2 rings (SSSR count). The van der Waals surface area contributed by atoms with E-state index < -0.39 is 0 Å². The van der Waals surface area contributed by atoms with E-state index in [0.29, 0.717) is 16.8 Å². The Balaban J connectivity index is 2.55. The molecule has 15 heavy (non-hydrogen) atoms. The third kappa shape index (κ3) is 1.81. The van der Waals surface area contributed by atoms with Crippen molar-refractivity contribution in [2.24, 2.45) is 0 Å². The predicted molar refractivity (Wildman–Crippen MR) is 60.0 cm³/mol. The van der Waals surface area contributed by atoms with Gasteiger partial charge >= 0.3 is 0 Å². The summed E-state index contributed by atoms with van der Waals surface area (Å²) < 4.78 is 2.05. The number of hydrogen-bond acceptors (Lipinski definition) is 3. The monoisotopic (exact) mass is 224 g/mol. The first-order valence-electron chi connectivity index (χ1n) is 5.11. The lowest BCUT2D eigenvalue weighted by Crippen LogP contribution is -2.06. The van der Waals surface area contributed by atoms with Crippen LogP contribution in [0.2, 0.25) is 5.15 Å². The van der Waals surface area contributed by atoms with E-state index in [-0.39, 0.29) is 0 Å². The van der Waals surface area contributed by atoms with Gasteiger partial charge in [-0.25, -0.2) is 15.0 Å². The number of halogens is 1. The first-order valence-corrected chi connectivity index (χ1v) is 5.49. The van der Waals surface area contributed by atoms with Crippen LogP contribution in [0.5, 0.6) is 0 Å². The summed E-state index contributed by atoms with van der Waals surface area (Å²) in [7, 11) is 0. The Hall–Kier alpha value is -1.16. The lowest BCUT2D eigenvalue weighted by Gasteiger charge is -2.14. The van der Waals surface area contributed by atoms with Crippen molar-refractivity contribution in [3.8, 4) is 0 Å². The molecule has 4 nitrogen and oxygen atoms in total. The maximum atomic E-state index is 5.82. The number of fused-ring (bicyclic) bond motifs is 1. The fraction of sp³-hybridized carbons (Fsp3) is 0.500. The van der Waals surface area contributed by atoms with Crippen LogP contribution in [0.1, 0.15) is 32.7 Å². The van der Waals surface area contributed by atoms with Crippen LogP contribution in [0.25, 0.3) is 11.3 Å². The average Bonchev–Trinajstić information content (AvgIpc) is 2.64. The van der Waals surface area contributed by atoms with Gasteiger partial charge in [-0.2, -0.15) is 0 Å². The molecule has 0 spiro atoms. The summed E-state index contributed by atoms with van der Waals surface area (Å²) in [6.45, 7) is 4.30. The summed E-state index contributed by atoms with van der Waals surface area (Å²) in [6, 6.07) is 0.419. The summed E-state index contributed by atoms with van der Waals surface area (Å²) in [5.74, 6) is 0. The van der Waals surface area contributed by atoms with Gasteiger partial charge in [0, 0.05) is 6.04 Å². The molecule has 0 radical (unpaired) electrons. The molecule has 2 heterocycles. The highest BCUT2D eigenvalue weighted by atomic mass is 35.5. The van der Waals surface area contributed by atoms with Crippen LogP contribution in [-0.4, -0.2) is 19.5 Å². The van der Waals surface area contributed by atoms with E-state index in [4.69, 9.17) is 11.6 Å². The van der Waals surface area contributed by atoms with Crippen LogP contribution in [-0.2, 0) is 0 Å². The molecule has 0 saturated heterocycles. The van der Waals surface area contributed by atoms with Gasteiger partial charge < -0.3 is 4.57 Å². The van der Waals surface area contributed by atoms with Crippen LogP contribution >= 0.6 is 11.6 Å². The van der Waals surface area contributed by atoms with Gasteiger partial charge in [-0.1, -0.05) is 25.4 Å². The second-order valence-electron chi connectivity index (χ2n) is 3.46. The van der Waals surface area contributed by atoms with Crippen molar-refractivity contribution in [3.63, 3.8) is 0 Å². The maximum absolute atomic E-state index is 5.82. The van der Waals surface area contributed by atoms with Crippen molar-refractivity contribution in [1.29, 1.82) is 0 Å². The molecule has 0 unspecified atom stereocenters. The molecule has 0 aliphatic heterocycles. The quantitative estimate of drug-likeness (QED) is 0.805. The fourth-order valence-corrected chi connectivity index (χ4v) is 1.87. The summed E-state index contributed by atoms with van der Waals surface area (Å²) >= 11 is 5.82. The number of hydrogen-bond donors (Lipinski definition) is 0. The van der Waals surface area contributed by atoms with E-state index in [9.17, 15) is 0 Å². The third-order valence-corrected chi connectivity index (χ3v) is 2.77. The Kier molecular flexibility index (Phi) is 2.86.